The standard InChI is InChI=1S/C24H25BrFN5O3.C2HF3O2/c1-14(15-3-6-20-19(9-15)28-21(32)11-34-20)27-22-17-5-4-16(25)10-18(17)29-23(30-22)31-7-8-33-13-24(2,26)12-31;3-2(4,5)1(6)7/h3-6,9-10,14H,7-8,11-13H2,1-2H3,(H,28,32)(H,27,29,30);(H,6,7). The van der Waals surface area contributed by atoms with E-state index in [9.17, 15) is 22.4 Å². The van der Waals surface area contributed by atoms with E-state index in [2.05, 4.69) is 26.6 Å². The number of hydrogen-bond donors (Lipinski definition) is 3. The molecule has 2 aromatic carbocycles. The van der Waals surface area contributed by atoms with Gasteiger partial charge in [-0.25, -0.2) is 14.2 Å². The lowest BCUT2D eigenvalue weighted by atomic mass is 10.1. The van der Waals surface area contributed by atoms with Crippen LogP contribution in [0.5, 0.6) is 5.75 Å². The largest absolute Gasteiger partial charge is 0.490 e. The van der Waals surface area contributed by atoms with Crippen LogP contribution in [0.3, 0.4) is 0 Å². The van der Waals surface area contributed by atoms with Crippen LogP contribution in [0.1, 0.15) is 25.5 Å². The first kappa shape index (κ1) is 30.2. The van der Waals surface area contributed by atoms with E-state index in [1.165, 1.54) is 6.92 Å². The maximum Gasteiger partial charge on any atom is 0.490 e. The Morgan fingerprint density at radius 3 is 2.68 bits per heavy atom. The number of fused-ring (bicyclic) bond motifs is 2. The van der Waals surface area contributed by atoms with E-state index in [-0.39, 0.29) is 31.7 Å². The number of halogens is 5. The molecule has 0 aliphatic carbocycles. The van der Waals surface area contributed by atoms with Gasteiger partial charge in [-0.1, -0.05) is 22.0 Å². The van der Waals surface area contributed by atoms with Crippen molar-refractivity contribution in [1.82, 2.24) is 9.97 Å². The summed E-state index contributed by atoms with van der Waals surface area (Å²) in [5.41, 5.74) is 0.842. The van der Waals surface area contributed by atoms with Crippen LogP contribution in [0.2, 0.25) is 0 Å². The Hall–Kier alpha value is -3.72. The number of alkyl halides is 4. The molecule has 41 heavy (non-hydrogen) atoms. The summed E-state index contributed by atoms with van der Waals surface area (Å²) in [5, 5.41) is 14.3. The minimum absolute atomic E-state index is 0.0187. The molecule has 15 heteroatoms. The van der Waals surface area contributed by atoms with Crippen LogP contribution < -0.4 is 20.3 Å². The second-order valence-corrected chi connectivity index (χ2v) is 10.6. The second kappa shape index (κ2) is 12.0. The summed E-state index contributed by atoms with van der Waals surface area (Å²) in [4.78, 5) is 32.0. The number of carboxylic acids is 1. The fraction of sp³-hybridized carbons (Fsp3) is 0.385. The highest BCUT2D eigenvalue weighted by molar-refractivity contribution is 9.10. The molecule has 220 valence electrons. The Morgan fingerprint density at radius 2 is 1.98 bits per heavy atom. The summed E-state index contributed by atoms with van der Waals surface area (Å²) in [6.45, 7) is 4.65. The van der Waals surface area contributed by atoms with Crippen LogP contribution >= 0.6 is 15.9 Å². The van der Waals surface area contributed by atoms with E-state index in [4.69, 9.17) is 29.3 Å². The molecule has 1 aromatic heterocycles. The molecule has 2 unspecified atom stereocenters. The molecule has 1 amide bonds. The molecule has 1 saturated heterocycles. The number of anilines is 3. The third kappa shape index (κ3) is 7.73. The average Bonchev–Trinajstić information content (AvgIpc) is 3.08. The SMILES string of the molecule is CC(Nc1nc(N2CCOCC(C)(F)C2)nc2cc(Br)ccc12)c1ccc2c(c1)NC(=O)CO2.O=C(O)C(F)(F)F. The Bertz CT molecular complexity index is 1460. The molecule has 2 aliphatic heterocycles. The number of rotatable bonds is 4. The Morgan fingerprint density at radius 1 is 1.24 bits per heavy atom. The van der Waals surface area contributed by atoms with Gasteiger partial charge in [0.1, 0.15) is 17.2 Å². The molecule has 10 nitrogen and oxygen atoms in total. The first-order valence-corrected chi connectivity index (χ1v) is 13.1. The molecule has 0 bridgehead atoms. The van der Waals surface area contributed by atoms with Crippen LogP contribution in [0.15, 0.2) is 40.9 Å². The quantitative estimate of drug-likeness (QED) is 0.333. The number of benzene rings is 2. The van der Waals surface area contributed by atoms with E-state index in [0.717, 1.165) is 20.9 Å². The van der Waals surface area contributed by atoms with Gasteiger partial charge in [0, 0.05) is 16.4 Å². The second-order valence-electron chi connectivity index (χ2n) is 9.68. The van der Waals surface area contributed by atoms with Crippen molar-refractivity contribution in [3.8, 4) is 5.75 Å². The molecule has 5 rings (SSSR count). The number of ether oxygens (including phenoxy) is 2. The highest BCUT2D eigenvalue weighted by Gasteiger charge is 2.38. The van der Waals surface area contributed by atoms with Gasteiger partial charge in [-0.2, -0.15) is 18.2 Å². The van der Waals surface area contributed by atoms with E-state index in [1.54, 1.807) is 0 Å². The fourth-order valence-electron chi connectivity index (χ4n) is 4.15. The highest BCUT2D eigenvalue weighted by Crippen LogP contribution is 2.34. The van der Waals surface area contributed by atoms with Gasteiger partial charge in [-0.05, 0) is 49.7 Å². The summed E-state index contributed by atoms with van der Waals surface area (Å²) in [5.74, 6) is -1.20. The number of hydrogen-bond acceptors (Lipinski definition) is 8. The molecule has 0 radical (unpaired) electrons. The first-order chi connectivity index (χ1) is 19.2. The number of nitrogens with one attached hydrogen (secondary N) is 2. The smallest absolute Gasteiger partial charge is 0.482 e. The lowest BCUT2D eigenvalue weighted by Crippen LogP contribution is -2.39. The van der Waals surface area contributed by atoms with Gasteiger partial charge >= 0.3 is 12.1 Å². The van der Waals surface area contributed by atoms with Gasteiger partial charge in [0.2, 0.25) is 5.95 Å². The zero-order chi connectivity index (χ0) is 29.9. The zero-order valence-corrected chi connectivity index (χ0v) is 23.5. The molecule has 1 fully saturated rings. The number of aliphatic carboxylic acids is 1. The van der Waals surface area contributed by atoms with E-state index in [0.29, 0.717) is 36.4 Å². The van der Waals surface area contributed by atoms with Crippen molar-refractivity contribution in [2.24, 2.45) is 0 Å². The van der Waals surface area contributed by atoms with Crippen molar-refractivity contribution in [2.45, 2.75) is 31.7 Å². The van der Waals surface area contributed by atoms with Crippen LogP contribution in [-0.4, -0.2) is 71.7 Å². The number of carbonyl (C=O) groups is 2. The maximum absolute atomic E-state index is 14.9. The molecule has 0 saturated carbocycles. The predicted molar refractivity (Wildman–Crippen MR) is 146 cm³/mol. The lowest BCUT2D eigenvalue weighted by molar-refractivity contribution is -0.192. The van der Waals surface area contributed by atoms with Crippen LogP contribution in [0.4, 0.5) is 35.0 Å². The summed E-state index contributed by atoms with van der Waals surface area (Å²) in [6.07, 6.45) is -5.08. The molecular weight excluding hydrogens is 618 g/mol. The van der Waals surface area contributed by atoms with Gasteiger partial charge in [0.15, 0.2) is 6.61 Å². The molecule has 3 aromatic rings. The Balaban J connectivity index is 0.000000493. The first-order valence-electron chi connectivity index (χ1n) is 12.3. The average molecular weight is 644 g/mol. The highest BCUT2D eigenvalue weighted by atomic mass is 79.9. The van der Waals surface area contributed by atoms with Gasteiger partial charge in [0.05, 0.1) is 37.0 Å². The number of amides is 1. The van der Waals surface area contributed by atoms with Gasteiger partial charge in [-0.15, -0.1) is 0 Å². The van der Waals surface area contributed by atoms with Gasteiger partial charge in [0.25, 0.3) is 5.91 Å². The van der Waals surface area contributed by atoms with E-state index in [1.807, 2.05) is 48.2 Å². The summed E-state index contributed by atoms with van der Waals surface area (Å²) >= 11 is 3.51. The number of carboxylic acid groups (broad SMARTS) is 1. The molecule has 0 spiro atoms. The van der Waals surface area contributed by atoms with Crippen molar-refractivity contribution in [3.05, 3.63) is 46.4 Å². The van der Waals surface area contributed by atoms with Crippen molar-refractivity contribution < 1.29 is 41.7 Å². The van der Waals surface area contributed by atoms with Crippen molar-refractivity contribution in [1.29, 1.82) is 0 Å². The predicted octanol–water partition coefficient (Wildman–Crippen LogP) is 5.09. The summed E-state index contributed by atoms with van der Waals surface area (Å²) in [7, 11) is 0. The van der Waals surface area contributed by atoms with Gasteiger partial charge < -0.3 is 30.1 Å². The maximum atomic E-state index is 14.9. The monoisotopic (exact) mass is 643 g/mol. The van der Waals surface area contributed by atoms with Crippen molar-refractivity contribution >= 4 is 56.2 Å². The molecule has 3 heterocycles. The third-order valence-electron chi connectivity index (χ3n) is 6.09. The Labute approximate surface area is 240 Å². The zero-order valence-electron chi connectivity index (χ0n) is 21.9. The molecule has 2 atom stereocenters. The van der Waals surface area contributed by atoms with Crippen molar-refractivity contribution in [3.63, 3.8) is 0 Å². The number of carbonyl (C=O) groups excluding carboxylic acids is 1. The summed E-state index contributed by atoms with van der Waals surface area (Å²) in [6, 6.07) is 11.4. The van der Waals surface area contributed by atoms with Gasteiger partial charge in [-0.3, -0.25) is 4.79 Å². The minimum Gasteiger partial charge on any atom is -0.482 e. The molecule has 3 N–H and O–H groups in total. The van der Waals surface area contributed by atoms with Crippen molar-refractivity contribution in [2.75, 3.05) is 48.4 Å². The number of nitrogens with zero attached hydrogens (tertiary/aromatic N) is 3. The van der Waals surface area contributed by atoms with E-state index >= 15 is 0 Å². The molecular formula is C26H26BrF4N5O5. The fourth-order valence-corrected chi connectivity index (χ4v) is 4.50. The normalized spacial score (nSPS) is 19.6. The van der Waals surface area contributed by atoms with Crippen LogP contribution in [0.25, 0.3) is 10.9 Å². The number of aromatic nitrogens is 2. The topological polar surface area (TPSA) is 126 Å². The minimum atomic E-state index is -5.08. The summed E-state index contributed by atoms with van der Waals surface area (Å²) < 4.78 is 58.4. The lowest BCUT2D eigenvalue weighted by Gasteiger charge is -2.27. The van der Waals surface area contributed by atoms with Crippen LogP contribution in [0, 0.1) is 0 Å². The van der Waals surface area contributed by atoms with Crippen LogP contribution in [-0.2, 0) is 14.3 Å². The Kier molecular flexibility index (Phi) is 8.87. The van der Waals surface area contributed by atoms with E-state index < -0.39 is 17.8 Å². The third-order valence-corrected chi connectivity index (χ3v) is 6.58. The molecule has 2 aliphatic rings.